The van der Waals surface area contributed by atoms with Crippen molar-refractivity contribution in [2.75, 3.05) is 5.32 Å². The van der Waals surface area contributed by atoms with Gasteiger partial charge in [0.25, 0.3) is 11.1 Å². The minimum absolute atomic E-state index is 0.135. The molecule has 0 aliphatic carbocycles. The van der Waals surface area contributed by atoms with Gasteiger partial charge in [-0.2, -0.15) is 0 Å². The lowest BCUT2D eigenvalue weighted by Gasteiger charge is -2.06. The van der Waals surface area contributed by atoms with Crippen LogP contribution in [0.15, 0.2) is 88.8 Å². The van der Waals surface area contributed by atoms with Crippen molar-refractivity contribution in [3.05, 3.63) is 90.3 Å². The summed E-state index contributed by atoms with van der Waals surface area (Å²) in [7, 11) is 0. The Morgan fingerprint density at radius 3 is 2.43 bits per heavy atom. The summed E-state index contributed by atoms with van der Waals surface area (Å²) in [5.74, 6) is 1.00. The molecule has 1 N–H and O–H groups in total. The van der Waals surface area contributed by atoms with Crippen LogP contribution < -0.4 is 5.32 Å². The number of hydrogen-bond acceptors (Lipinski definition) is 6. The first-order valence-corrected chi connectivity index (χ1v) is 9.58. The van der Waals surface area contributed by atoms with Gasteiger partial charge in [0.15, 0.2) is 0 Å². The van der Waals surface area contributed by atoms with Crippen molar-refractivity contribution in [2.45, 2.75) is 11.0 Å². The van der Waals surface area contributed by atoms with E-state index in [-0.39, 0.29) is 5.91 Å². The highest BCUT2D eigenvalue weighted by Crippen LogP contribution is 2.25. The SMILES string of the molecule is O=C(Nc1ccccc1)c1ccc(CSc2nnc(-c3ccncc3)o2)cc1. The van der Waals surface area contributed by atoms with E-state index in [1.54, 1.807) is 12.4 Å². The predicted molar refractivity (Wildman–Crippen MR) is 108 cm³/mol. The number of aromatic nitrogens is 3. The third-order valence-corrected chi connectivity index (χ3v) is 4.83. The van der Waals surface area contributed by atoms with E-state index in [1.807, 2.05) is 66.7 Å². The van der Waals surface area contributed by atoms with E-state index in [1.165, 1.54) is 11.8 Å². The Balaban J connectivity index is 1.35. The van der Waals surface area contributed by atoms with Gasteiger partial charge in [-0.05, 0) is 42.0 Å². The molecule has 2 aromatic carbocycles. The first-order valence-electron chi connectivity index (χ1n) is 8.60. The topological polar surface area (TPSA) is 80.9 Å². The third kappa shape index (κ3) is 4.44. The van der Waals surface area contributed by atoms with Gasteiger partial charge >= 0.3 is 0 Å². The standard InChI is InChI=1S/C21H16N4O2S/c26-19(23-18-4-2-1-3-5-18)16-8-6-15(7-9-16)14-28-21-25-24-20(27-21)17-10-12-22-13-11-17/h1-13H,14H2,(H,23,26). The van der Waals surface area contributed by atoms with Gasteiger partial charge in [-0.1, -0.05) is 42.1 Å². The van der Waals surface area contributed by atoms with Gasteiger partial charge in [-0.25, -0.2) is 0 Å². The average molecular weight is 388 g/mol. The zero-order chi connectivity index (χ0) is 19.2. The van der Waals surface area contributed by atoms with Crippen molar-refractivity contribution >= 4 is 23.4 Å². The highest BCUT2D eigenvalue weighted by Gasteiger charge is 2.10. The maximum atomic E-state index is 12.3. The Labute approximate surface area is 166 Å². The van der Waals surface area contributed by atoms with Gasteiger partial charge in [-0.3, -0.25) is 9.78 Å². The molecule has 0 radical (unpaired) electrons. The summed E-state index contributed by atoms with van der Waals surface area (Å²) >= 11 is 1.45. The maximum absolute atomic E-state index is 12.3. The molecule has 4 rings (SSSR count). The number of benzene rings is 2. The first-order chi connectivity index (χ1) is 13.8. The predicted octanol–water partition coefficient (Wildman–Crippen LogP) is 4.68. The van der Waals surface area contributed by atoms with Crippen molar-refractivity contribution in [1.82, 2.24) is 15.2 Å². The lowest BCUT2D eigenvalue weighted by atomic mass is 10.1. The molecule has 0 spiro atoms. The number of rotatable bonds is 6. The zero-order valence-corrected chi connectivity index (χ0v) is 15.6. The van der Waals surface area contributed by atoms with Crippen LogP contribution >= 0.6 is 11.8 Å². The van der Waals surface area contributed by atoms with Crippen molar-refractivity contribution < 1.29 is 9.21 Å². The maximum Gasteiger partial charge on any atom is 0.277 e. The van der Waals surface area contributed by atoms with Crippen LogP contribution in [0.4, 0.5) is 5.69 Å². The minimum Gasteiger partial charge on any atom is -0.411 e. The summed E-state index contributed by atoms with van der Waals surface area (Å²) in [4.78, 5) is 16.3. The Kier molecular flexibility index (Phi) is 5.44. The number of carbonyl (C=O) groups is 1. The number of para-hydroxylation sites is 1. The molecule has 1 amide bonds. The molecular formula is C21H16N4O2S. The monoisotopic (exact) mass is 388 g/mol. The molecule has 28 heavy (non-hydrogen) atoms. The molecule has 0 fully saturated rings. The van der Waals surface area contributed by atoms with Crippen LogP contribution in [-0.4, -0.2) is 21.1 Å². The average Bonchev–Trinajstić information content (AvgIpc) is 3.23. The summed E-state index contributed by atoms with van der Waals surface area (Å²) in [6, 6.07) is 20.5. The summed E-state index contributed by atoms with van der Waals surface area (Å²) in [5, 5.41) is 11.5. The number of anilines is 1. The highest BCUT2D eigenvalue weighted by molar-refractivity contribution is 7.98. The zero-order valence-electron chi connectivity index (χ0n) is 14.8. The third-order valence-electron chi connectivity index (χ3n) is 3.94. The fraction of sp³-hybridized carbons (Fsp3) is 0.0476. The highest BCUT2D eigenvalue weighted by atomic mass is 32.2. The van der Waals surface area contributed by atoms with Crippen molar-refractivity contribution in [3.63, 3.8) is 0 Å². The van der Waals surface area contributed by atoms with Gasteiger partial charge in [0.05, 0.1) is 0 Å². The Morgan fingerprint density at radius 1 is 0.929 bits per heavy atom. The number of hydrogen-bond donors (Lipinski definition) is 1. The van der Waals surface area contributed by atoms with E-state index in [0.717, 1.165) is 16.8 Å². The molecule has 4 aromatic rings. The number of amides is 1. The van der Waals surface area contributed by atoms with Crippen molar-refractivity contribution in [1.29, 1.82) is 0 Å². The van der Waals surface area contributed by atoms with E-state index < -0.39 is 0 Å². The molecule has 7 heteroatoms. The molecule has 6 nitrogen and oxygen atoms in total. The van der Waals surface area contributed by atoms with E-state index >= 15 is 0 Å². The van der Waals surface area contributed by atoms with Crippen LogP contribution in [0.1, 0.15) is 15.9 Å². The van der Waals surface area contributed by atoms with Gasteiger partial charge < -0.3 is 9.73 Å². The number of carbonyl (C=O) groups excluding carboxylic acids is 1. The summed E-state index contributed by atoms with van der Waals surface area (Å²) in [5.41, 5.74) is 3.27. The van der Waals surface area contributed by atoms with Gasteiger partial charge in [0.2, 0.25) is 5.89 Å². The van der Waals surface area contributed by atoms with Crippen LogP contribution in [-0.2, 0) is 5.75 Å². The fourth-order valence-electron chi connectivity index (χ4n) is 2.50. The molecule has 0 atom stereocenters. The Morgan fingerprint density at radius 2 is 1.68 bits per heavy atom. The second kappa shape index (κ2) is 8.49. The fourth-order valence-corrected chi connectivity index (χ4v) is 3.22. The summed E-state index contributed by atoms with van der Waals surface area (Å²) in [6.45, 7) is 0. The number of nitrogens with one attached hydrogen (secondary N) is 1. The molecule has 2 aromatic heterocycles. The molecule has 0 aliphatic rings. The largest absolute Gasteiger partial charge is 0.411 e. The summed E-state index contributed by atoms with van der Waals surface area (Å²) in [6.07, 6.45) is 3.36. The van der Waals surface area contributed by atoms with E-state index in [2.05, 4.69) is 20.5 Å². The number of nitrogens with zero attached hydrogens (tertiary/aromatic N) is 3. The Bertz CT molecular complexity index is 1050. The summed E-state index contributed by atoms with van der Waals surface area (Å²) < 4.78 is 5.67. The first kappa shape index (κ1) is 17.9. The van der Waals surface area contributed by atoms with Crippen molar-refractivity contribution in [3.8, 4) is 11.5 Å². The molecule has 0 bridgehead atoms. The number of thioether (sulfide) groups is 1. The van der Waals surface area contributed by atoms with Crippen LogP contribution in [0.2, 0.25) is 0 Å². The van der Waals surface area contributed by atoms with Gasteiger partial charge in [0, 0.05) is 35.0 Å². The van der Waals surface area contributed by atoms with E-state index in [0.29, 0.717) is 22.4 Å². The number of pyridine rings is 1. The smallest absolute Gasteiger partial charge is 0.277 e. The van der Waals surface area contributed by atoms with Gasteiger partial charge in [0.1, 0.15) is 0 Å². The van der Waals surface area contributed by atoms with Crippen LogP contribution in [0.5, 0.6) is 0 Å². The van der Waals surface area contributed by atoms with E-state index in [4.69, 9.17) is 4.42 Å². The second-order valence-electron chi connectivity index (χ2n) is 5.91. The molecule has 138 valence electrons. The van der Waals surface area contributed by atoms with Crippen molar-refractivity contribution in [2.24, 2.45) is 0 Å². The second-order valence-corrected chi connectivity index (χ2v) is 6.84. The van der Waals surface area contributed by atoms with Crippen LogP contribution in [0.25, 0.3) is 11.5 Å². The van der Waals surface area contributed by atoms with Crippen LogP contribution in [0.3, 0.4) is 0 Å². The minimum atomic E-state index is -0.135. The quantitative estimate of drug-likeness (QED) is 0.483. The van der Waals surface area contributed by atoms with Gasteiger partial charge in [-0.15, -0.1) is 10.2 Å². The van der Waals surface area contributed by atoms with Crippen LogP contribution in [0, 0.1) is 0 Å². The molecule has 0 saturated carbocycles. The molecule has 0 unspecified atom stereocenters. The van der Waals surface area contributed by atoms with E-state index in [9.17, 15) is 4.79 Å². The molecule has 2 heterocycles. The lowest BCUT2D eigenvalue weighted by Crippen LogP contribution is -2.11. The lowest BCUT2D eigenvalue weighted by molar-refractivity contribution is 0.102. The molecular weight excluding hydrogens is 372 g/mol. The Hall–Kier alpha value is -3.45. The normalized spacial score (nSPS) is 10.6. The molecule has 0 aliphatic heterocycles. The molecule has 0 saturated heterocycles.